The molecule has 0 aliphatic heterocycles. The van der Waals surface area contributed by atoms with Crippen molar-refractivity contribution in [3.05, 3.63) is 103 Å². The summed E-state index contributed by atoms with van der Waals surface area (Å²) in [6.07, 6.45) is 6.02. The van der Waals surface area contributed by atoms with E-state index in [4.69, 9.17) is 0 Å². The monoisotopic (exact) mass is 447 g/mol. The van der Waals surface area contributed by atoms with Gasteiger partial charge in [0.25, 0.3) is 11.8 Å². The quantitative estimate of drug-likeness (QED) is 0.418. The molecule has 5 rings (SSSR count). The number of carbonyl (C=O) groups is 2. The third-order valence-electron chi connectivity index (χ3n) is 4.96. The first kappa shape index (κ1) is 20.8. The molecule has 2 amide bonds. The number of hydrogen-bond donors (Lipinski definition) is 2. The number of nitrogens with one attached hydrogen (secondary N) is 2. The van der Waals surface area contributed by atoms with Crippen molar-refractivity contribution in [3.8, 4) is 11.4 Å². The van der Waals surface area contributed by atoms with Crippen molar-refractivity contribution >= 4 is 34.5 Å². The zero-order valence-corrected chi connectivity index (χ0v) is 17.7. The Morgan fingerprint density at radius 2 is 1.21 bits per heavy atom. The van der Waals surface area contributed by atoms with Gasteiger partial charge in [0, 0.05) is 30.4 Å². The van der Waals surface area contributed by atoms with Gasteiger partial charge in [-0.05, 0) is 35.0 Å². The smallest absolute Gasteiger partial charge is 0.259 e. The van der Waals surface area contributed by atoms with Crippen molar-refractivity contribution in [3.63, 3.8) is 0 Å². The summed E-state index contributed by atoms with van der Waals surface area (Å²) in [4.78, 5) is 46.4. The molecule has 2 aromatic carbocycles. The fourth-order valence-electron chi connectivity index (χ4n) is 3.37. The summed E-state index contributed by atoms with van der Waals surface area (Å²) in [5, 5.41) is 7.25. The van der Waals surface area contributed by atoms with Crippen LogP contribution in [0.15, 0.2) is 91.5 Å². The van der Waals surface area contributed by atoms with E-state index in [0.29, 0.717) is 17.0 Å². The van der Waals surface area contributed by atoms with E-state index in [2.05, 4.69) is 35.6 Å². The minimum atomic E-state index is -0.437. The Morgan fingerprint density at radius 3 is 1.79 bits per heavy atom. The lowest BCUT2D eigenvalue weighted by Crippen LogP contribution is -2.19. The Kier molecular flexibility index (Phi) is 5.64. The Hall–Kier alpha value is -5.05. The number of hydrogen-bond acceptors (Lipinski definition) is 7. The fraction of sp³-hybridized carbons (Fsp3) is 0. The van der Waals surface area contributed by atoms with Crippen molar-refractivity contribution in [1.82, 2.24) is 24.9 Å². The molecule has 0 aliphatic rings. The summed E-state index contributed by atoms with van der Waals surface area (Å²) in [6, 6.07) is 20.1. The van der Waals surface area contributed by atoms with Gasteiger partial charge < -0.3 is 0 Å². The van der Waals surface area contributed by atoms with E-state index in [1.807, 2.05) is 42.5 Å². The molecule has 0 atom stereocenters. The molecule has 0 saturated carbocycles. The second kappa shape index (κ2) is 9.21. The normalized spacial score (nSPS) is 10.6. The van der Waals surface area contributed by atoms with E-state index >= 15 is 0 Å². The van der Waals surface area contributed by atoms with E-state index in [1.165, 1.54) is 12.4 Å². The Bertz CT molecular complexity index is 1410. The van der Waals surface area contributed by atoms with Crippen LogP contribution in [0.2, 0.25) is 0 Å². The molecule has 0 fully saturated rings. The molecule has 3 heterocycles. The minimum absolute atomic E-state index is 0.00623. The summed E-state index contributed by atoms with van der Waals surface area (Å²) >= 11 is 0. The first-order chi connectivity index (χ1) is 16.7. The van der Waals surface area contributed by atoms with Crippen LogP contribution in [0.25, 0.3) is 22.2 Å². The molecule has 9 heteroatoms. The Labute approximate surface area is 194 Å². The highest BCUT2D eigenvalue weighted by molar-refractivity contribution is 6.05. The van der Waals surface area contributed by atoms with Gasteiger partial charge in [-0.15, -0.1) is 0 Å². The number of anilines is 2. The van der Waals surface area contributed by atoms with Crippen molar-refractivity contribution < 1.29 is 9.59 Å². The Morgan fingerprint density at radius 1 is 0.618 bits per heavy atom. The van der Waals surface area contributed by atoms with Gasteiger partial charge in [-0.1, -0.05) is 42.5 Å². The van der Waals surface area contributed by atoms with Gasteiger partial charge in [0.15, 0.2) is 5.82 Å². The molecule has 2 N–H and O–H groups in total. The van der Waals surface area contributed by atoms with Crippen molar-refractivity contribution in [2.45, 2.75) is 0 Å². The summed E-state index contributed by atoms with van der Waals surface area (Å²) < 4.78 is 0. The number of amides is 2. The van der Waals surface area contributed by atoms with Crippen molar-refractivity contribution in [1.29, 1.82) is 0 Å². The summed E-state index contributed by atoms with van der Waals surface area (Å²) in [7, 11) is 0. The third-order valence-corrected chi connectivity index (χ3v) is 4.96. The van der Waals surface area contributed by atoms with E-state index in [1.54, 1.807) is 36.7 Å². The molecule has 5 aromatic rings. The zero-order valence-electron chi connectivity index (χ0n) is 17.7. The van der Waals surface area contributed by atoms with Crippen LogP contribution in [-0.2, 0) is 0 Å². The van der Waals surface area contributed by atoms with Crippen LogP contribution < -0.4 is 10.6 Å². The van der Waals surface area contributed by atoms with Crippen LogP contribution in [0, 0.1) is 0 Å². The first-order valence-electron chi connectivity index (χ1n) is 10.3. The van der Waals surface area contributed by atoms with E-state index in [-0.39, 0.29) is 11.9 Å². The highest BCUT2D eigenvalue weighted by Gasteiger charge is 2.16. The zero-order chi connectivity index (χ0) is 23.3. The fourth-order valence-corrected chi connectivity index (χ4v) is 3.37. The lowest BCUT2D eigenvalue weighted by atomic mass is 10.0. The molecule has 0 unspecified atom stereocenters. The molecule has 0 aliphatic carbocycles. The molecule has 164 valence electrons. The van der Waals surface area contributed by atoms with E-state index < -0.39 is 11.8 Å². The van der Waals surface area contributed by atoms with Gasteiger partial charge in [-0.2, -0.15) is 15.0 Å². The van der Waals surface area contributed by atoms with Crippen LogP contribution >= 0.6 is 0 Å². The van der Waals surface area contributed by atoms with E-state index in [0.717, 1.165) is 16.3 Å². The van der Waals surface area contributed by atoms with Crippen LogP contribution in [0.1, 0.15) is 20.7 Å². The van der Waals surface area contributed by atoms with Gasteiger partial charge >= 0.3 is 0 Å². The molecular weight excluding hydrogens is 430 g/mol. The van der Waals surface area contributed by atoms with Crippen LogP contribution in [0.4, 0.5) is 11.9 Å². The predicted octanol–water partition coefficient (Wildman–Crippen LogP) is 3.99. The topological polar surface area (TPSA) is 123 Å². The SMILES string of the molecule is O=C(Nc1nc(NC(=O)c2cccnc2)nc(-c2cccc3ccccc23)n1)c1cccnc1. The molecule has 0 bridgehead atoms. The molecule has 0 saturated heterocycles. The number of rotatable bonds is 5. The van der Waals surface area contributed by atoms with Gasteiger partial charge in [-0.3, -0.25) is 30.2 Å². The molecule has 0 spiro atoms. The second-order valence-corrected chi connectivity index (χ2v) is 7.22. The van der Waals surface area contributed by atoms with Gasteiger partial charge in [0.1, 0.15) is 0 Å². The molecule has 0 radical (unpaired) electrons. The average Bonchev–Trinajstić information content (AvgIpc) is 2.89. The van der Waals surface area contributed by atoms with Crippen molar-refractivity contribution in [2.75, 3.05) is 10.6 Å². The van der Waals surface area contributed by atoms with Crippen molar-refractivity contribution in [2.24, 2.45) is 0 Å². The highest BCUT2D eigenvalue weighted by atomic mass is 16.2. The maximum atomic E-state index is 12.7. The predicted molar refractivity (Wildman–Crippen MR) is 127 cm³/mol. The summed E-state index contributed by atoms with van der Waals surface area (Å²) in [5.74, 6) is -0.586. The number of carbonyl (C=O) groups excluding carboxylic acids is 2. The lowest BCUT2D eigenvalue weighted by Gasteiger charge is -2.11. The summed E-state index contributed by atoms with van der Waals surface area (Å²) in [6.45, 7) is 0. The van der Waals surface area contributed by atoms with Gasteiger partial charge in [-0.25, -0.2) is 0 Å². The van der Waals surface area contributed by atoms with Gasteiger partial charge in [0.2, 0.25) is 11.9 Å². The maximum absolute atomic E-state index is 12.7. The molecule has 34 heavy (non-hydrogen) atoms. The number of nitrogens with zero attached hydrogens (tertiary/aromatic N) is 5. The summed E-state index contributed by atoms with van der Waals surface area (Å²) in [5.41, 5.74) is 1.42. The first-order valence-corrected chi connectivity index (χ1v) is 10.3. The largest absolute Gasteiger partial charge is 0.290 e. The second-order valence-electron chi connectivity index (χ2n) is 7.22. The lowest BCUT2D eigenvalue weighted by molar-refractivity contribution is 0.101. The van der Waals surface area contributed by atoms with Crippen LogP contribution in [0.3, 0.4) is 0 Å². The van der Waals surface area contributed by atoms with Gasteiger partial charge in [0.05, 0.1) is 11.1 Å². The average molecular weight is 447 g/mol. The highest BCUT2D eigenvalue weighted by Crippen LogP contribution is 2.27. The Balaban J connectivity index is 1.56. The van der Waals surface area contributed by atoms with Crippen LogP contribution in [0.5, 0.6) is 0 Å². The standard InChI is InChI=1S/C25H17N7O2/c33-22(17-8-4-12-26-14-17)30-24-28-21(20-11-3-7-16-6-1-2-10-19(16)20)29-25(32-24)31-23(34)18-9-5-13-27-15-18/h1-15H,(H2,28,29,30,31,32,33,34). The van der Waals surface area contributed by atoms with Crippen LogP contribution in [-0.4, -0.2) is 36.7 Å². The molecule has 9 nitrogen and oxygen atoms in total. The van der Waals surface area contributed by atoms with E-state index in [9.17, 15) is 9.59 Å². The third kappa shape index (κ3) is 4.44. The number of benzene rings is 2. The number of aromatic nitrogens is 5. The number of fused-ring (bicyclic) bond motifs is 1. The minimum Gasteiger partial charge on any atom is -0.290 e. The maximum Gasteiger partial charge on any atom is 0.259 e. The molecular formula is C25H17N7O2. The molecule has 3 aromatic heterocycles. The number of pyridine rings is 2.